The van der Waals surface area contributed by atoms with Crippen LogP contribution < -0.4 is 5.32 Å². The van der Waals surface area contributed by atoms with Crippen LogP contribution in [-0.4, -0.2) is 36.6 Å². The Morgan fingerprint density at radius 2 is 2.00 bits per heavy atom. The normalized spacial score (nSPS) is 27.4. The molecule has 2 heteroatoms. The number of likely N-dealkylation sites (tertiary alicyclic amines) is 1. The van der Waals surface area contributed by atoms with Gasteiger partial charge in [0.1, 0.15) is 0 Å². The van der Waals surface area contributed by atoms with Crippen LogP contribution >= 0.6 is 0 Å². The van der Waals surface area contributed by atoms with E-state index in [-0.39, 0.29) is 0 Å². The van der Waals surface area contributed by atoms with Gasteiger partial charge in [-0.3, -0.25) is 0 Å². The highest BCUT2D eigenvalue weighted by Gasteiger charge is 2.19. The maximum atomic E-state index is 3.51. The van der Waals surface area contributed by atoms with Gasteiger partial charge >= 0.3 is 0 Å². The quantitative estimate of drug-likeness (QED) is 0.775. The molecule has 1 saturated heterocycles. The Hall–Kier alpha value is -0.0800. The Labute approximate surface area is 102 Å². The molecule has 3 unspecified atom stereocenters. The number of nitrogens with one attached hydrogen (secondary N) is 1. The largest absolute Gasteiger partial charge is 0.314 e. The van der Waals surface area contributed by atoms with Gasteiger partial charge in [0, 0.05) is 12.1 Å². The van der Waals surface area contributed by atoms with E-state index in [1.165, 1.54) is 38.8 Å². The summed E-state index contributed by atoms with van der Waals surface area (Å²) in [5.74, 6) is 0.934. The molecule has 0 aromatic heterocycles. The van der Waals surface area contributed by atoms with Crippen molar-refractivity contribution in [3.63, 3.8) is 0 Å². The van der Waals surface area contributed by atoms with Crippen molar-refractivity contribution in [1.29, 1.82) is 0 Å². The molecule has 0 aliphatic carbocycles. The summed E-state index contributed by atoms with van der Waals surface area (Å²) in [7, 11) is 0. The first-order valence-corrected chi connectivity index (χ1v) is 7.11. The Balaban J connectivity index is 2.31. The highest BCUT2D eigenvalue weighted by Crippen LogP contribution is 2.19. The third-order valence-corrected chi connectivity index (χ3v) is 3.92. The van der Waals surface area contributed by atoms with Crippen molar-refractivity contribution in [2.24, 2.45) is 5.92 Å². The first kappa shape index (κ1) is 14.0. The summed E-state index contributed by atoms with van der Waals surface area (Å²) in [6, 6.07) is 1.39. The second kappa shape index (κ2) is 7.29. The second-order valence-corrected chi connectivity index (χ2v) is 5.62. The number of rotatable bonds is 5. The Kier molecular flexibility index (Phi) is 6.37. The maximum Gasteiger partial charge on any atom is 0.00816 e. The van der Waals surface area contributed by atoms with E-state index in [0.29, 0.717) is 6.04 Å². The van der Waals surface area contributed by atoms with Gasteiger partial charge in [0.2, 0.25) is 0 Å². The van der Waals surface area contributed by atoms with E-state index in [1.807, 2.05) is 0 Å². The first-order valence-electron chi connectivity index (χ1n) is 7.11. The highest BCUT2D eigenvalue weighted by molar-refractivity contribution is 4.76. The minimum absolute atomic E-state index is 0.653. The summed E-state index contributed by atoms with van der Waals surface area (Å²) in [6.07, 6.45) is 5.48. The van der Waals surface area contributed by atoms with Crippen LogP contribution in [0.5, 0.6) is 0 Å². The molecule has 1 rings (SSSR count). The van der Waals surface area contributed by atoms with Crippen molar-refractivity contribution < 1.29 is 0 Å². The fourth-order valence-corrected chi connectivity index (χ4v) is 2.82. The number of hydrogen-bond donors (Lipinski definition) is 1. The highest BCUT2D eigenvalue weighted by atomic mass is 15.2. The summed E-state index contributed by atoms with van der Waals surface area (Å²) in [4.78, 5) is 2.69. The molecule has 0 amide bonds. The lowest BCUT2D eigenvalue weighted by atomic mass is 10.0. The SMILES string of the molecule is CCNC(C)CC(C)N1CCCC(C)CC1. The lowest BCUT2D eigenvalue weighted by molar-refractivity contribution is 0.194. The van der Waals surface area contributed by atoms with E-state index in [1.54, 1.807) is 0 Å². The van der Waals surface area contributed by atoms with Gasteiger partial charge in [0.05, 0.1) is 0 Å². The zero-order valence-electron chi connectivity index (χ0n) is 11.6. The minimum Gasteiger partial charge on any atom is -0.314 e. The molecule has 0 aromatic rings. The average Bonchev–Trinajstić information content (AvgIpc) is 2.43. The van der Waals surface area contributed by atoms with Crippen LogP contribution in [0, 0.1) is 5.92 Å². The Morgan fingerprint density at radius 1 is 1.25 bits per heavy atom. The van der Waals surface area contributed by atoms with E-state index in [2.05, 4.69) is 37.9 Å². The molecule has 0 aromatic carbocycles. The van der Waals surface area contributed by atoms with Gasteiger partial charge in [0.15, 0.2) is 0 Å². The fourth-order valence-electron chi connectivity index (χ4n) is 2.82. The van der Waals surface area contributed by atoms with Crippen LogP contribution in [0.1, 0.15) is 53.4 Å². The average molecular weight is 226 g/mol. The van der Waals surface area contributed by atoms with E-state index in [4.69, 9.17) is 0 Å². The topological polar surface area (TPSA) is 15.3 Å². The lowest BCUT2D eigenvalue weighted by Crippen LogP contribution is -2.39. The molecule has 16 heavy (non-hydrogen) atoms. The van der Waals surface area contributed by atoms with Gasteiger partial charge in [-0.05, 0) is 65.1 Å². The monoisotopic (exact) mass is 226 g/mol. The van der Waals surface area contributed by atoms with E-state index in [0.717, 1.165) is 18.5 Å². The molecule has 0 bridgehead atoms. The fraction of sp³-hybridized carbons (Fsp3) is 1.00. The van der Waals surface area contributed by atoms with Crippen molar-refractivity contribution in [3.8, 4) is 0 Å². The Bertz CT molecular complexity index is 182. The molecular weight excluding hydrogens is 196 g/mol. The molecule has 0 spiro atoms. The molecule has 96 valence electrons. The van der Waals surface area contributed by atoms with Crippen LogP contribution in [0.4, 0.5) is 0 Å². The summed E-state index contributed by atoms with van der Waals surface area (Å²) in [5.41, 5.74) is 0. The Morgan fingerprint density at radius 3 is 2.69 bits per heavy atom. The van der Waals surface area contributed by atoms with Gasteiger partial charge in [-0.15, -0.1) is 0 Å². The molecule has 1 heterocycles. The smallest absolute Gasteiger partial charge is 0.00816 e. The second-order valence-electron chi connectivity index (χ2n) is 5.62. The third kappa shape index (κ3) is 4.84. The summed E-state index contributed by atoms with van der Waals surface area (Å²) in [5, 5.41) is 3.51. The summed E-state index contributed by atoms with van der Waals surface area (Å²) < 4.78 is 0. The number of hydrogen-bond acceptors (Lipinski definition) is 2. The molecule has 2 nitrogen and oxygen atoms in total. The van der Waals surface area contributed by atoms with Gasteiger partial charge in [-0.1, -0.05) is 13.8 Å². The lowest BCUT2D eigenvalue weighted by Gasteiger charge is -2.30. The van der Waals surface area contributed by atoms with Gasteiger partial charge in [0.25, 0.3) is 0 Å². The molecule has 1 aliphatic rings. The predicted octanol–water partition coefficient (Wildman–Crippen LogP) is 2.89. The molecule has 3 atom stereocenters. The van der Waals surface area contributed by atoms with Crippen molar-refractivity contribution in [1.82, 2.24) is 10.2 Å². The third-order valence-electron chi connectivity index (χ3n) is 3.92. The van der Waals surface area contributed by atoms with E-state index < -0.39 is 0 Å². The van der Waals surface area contributed by atoms with Crippen LogP contribution in [0.15, 0.2) is 0 Å². The maximum absolute atomic E-state index is 3.51. The van der Waals surface area contributed by atoms with Crippen molar-refractivity contribution in [2.75, 3.05) is 19.6 Å². The van der Waals surface area contributed by atoms with Crippen LogP contribution in [-0.2, 0) is 0 Å². The number of nitrogens with zero attached hydrogens (tertiary/aromatic N) is 1. The zero-order valence-corrected chi connectivity index (χ0v) is 11.6. The minimum atomic E-state index is 0.653. The van der Waals surface area contributed by atoms with E-state index in [9.17, 15) is 0 Å². The van der Waals surface area contributed by atoms with Gasteiger partial charge < -0.3 is 10.2 Å². The molecular formula is C14H30N2. The van der Waals surface area contributed by atoms with Gasteiger partial charge in [-0.25, -0.2) is 0 Å². The van der Waals surface area contributed by atoms with Crippen molar-refractivity contribution in [3.05, 3.63) is 0 Å². The van der Waals surface area contributed by atoms with Crippen LogP contribution in [0.25, 0.3) is 0 Å². The van der Waals surface area contributed by atoms with Crippen LogP contribution in [0.3, 0.4) is 0 Å². The molecule has 0 saturated carbocycles. The molecule has 1 N–H and O–H groups in total. The summed E-state index contributed by atoms with van der Waals surface area (Å²) >= 11 is 0. The first-order chi connectivity index (χ1) is 7.63. The van der Waals surface area contributed by atoms with Gasteiger partial charge in [-0.2, -0.15) is 0 Å². The zero-order chi connectivity index (χ0) is 12.0. The van der Waals surface area contributed by atoms with Crippen LogP contribution in [0.2, 0.25) is 0 Å². The predicted molar refractivity (Wildman–Crippen MR) is 71.8 cm³/mol. The standard InChI is InChI=1S/C14H30N2/c1-5-15-13(3)11-14(4)16-9-6-7-12(2)8-10-16/h12-15H,5-11H2,1-4H3. The van der Waals surface area contributed by atoms with Crippen molar-refractivity contribution >= 4 is 0 Å². The van der Waals surface area contributed by atoms with Crippen molar-refractivity contribution in [2.45, 2.75) is 65.5 Å². The summed E-state index contributed by atoms with van der Waals surface area (Å²) in [6.45, 7) is 13.0. The van der Waals surface area contributed by atoms with E-state index >= 15 is 0 Å². The molecule has 1 fully saturated rings. The molecule has 1 aliphatic heterocycles. The molecule has 0 radical (unpaired) electrons.